The van der Waals surface area contributed by atoms with Gasteiger partial charge in [0.1, 0.15) is 6.17 Å². The molecule has 0 amide bonds. The molecule has 2 nitrogen and oxygen atoms in total. The van der Waals surface area contributed by atoms with Gasteiger partial charge in [-0.3, -0.25) is 10.3 Å². The third kappa shape index (κ3) is 4.18. The molecule has 2 rings (SSSR count). The van der Waals surface area contributed by atoms with Crippen molar-refractivity contribution in [1.29, 1.82) is 0 Å². The molecule has 0 bridgehead atoms. The van der Waals surface area contributed by atoms with Gasteiger partial charge in [0.05, 0.1) is 5.56 Å². The molecule has 6 heteroatoms. The van der Waals surface area contributed by atoms with E-state index in [4.69, 9.17) is 0 Å². The molecule has 1 aromatic rings. The van der Waals surface area contributed by atoms with E-state index >= 15 is 0 Å². The number of hydrogen-bond acceptors (Lipinski definition) is 2. The van der Waals surface area contributed by atoms with E-state index in [1.165, 1.54) is 12.1 Å². The summed E-state index contributed by atoms with van der Waals surface area (Å²) in [5.74, 6) is 0. The van der Waals surface area contributed by atoms with Crippen molar-refractivity contribution in [1.82, 2.24) is 5.32 Å². The first-order valence-electron chi connectivity index (χ1n) is 5.73. The zero-order valence-corrected chi connectivity index (χ0v) is 11.5. The Morgan fingerprint density at radius 1 is 1.26 bits per heavy atom. The molecular weight excluding hydrogens is 321 g/mol. The van der Waals surface area contributed by atoms with Crippen molar-refractivity contribution >= 4 is 22.1 Å². The van der Waals surface area contributed by atoms with Crippen molar-refractivity contribution < 1.29 is 13.2 Å². The van der Waals surface area contributed by atoms with Crippen LogP contribution in [0.5, 0.6) is 0 Å². The molecule has 1 N–H and O–H groups in total. The smallest absolute Gasteiger partial charge is 0.291 e. The summed E-state index contributed by atoms with van der Waals surface area (Å²) in [6.45, 7) is 0.492. The lowest BCUT2D eigenvalue weighted by Gasteiger charge is -2.16. The number of alkyl halides is 3. The summed E-state index contributed by atoms with van der Waals surface area (Å²) in [6, 6.07) is 5.15. The summed E-state index contributed by atoms with van der Waals surface area (Å²) in [5, 5.41) is 3.17. The van der Waals surface area contributed by atoms with Gasteiger partial charge in [0, 0.05) is 23.7 Å². The van der Waals surface area contributed by atoms with Crippen LogP contribution in [0.15, 0.2) is 39.8 Å². The number of aliphatic imine (C=N–C) groups is 1. The fraction of sp³-hybridized carbons (Fsp3) is 0.308. The van der Waals surface area contributed by atoms with Gasteiger partial charge >= 0.3 is 6.18 Å². The molecular formula is C13H12BrF3N2. The molecule has 102 valence electrons. The lowest BCUT2D eigenvalue weighted by Crippen LogP contribution is -2.27. The summed E-state index contributed by atoms with van der Waals surface area (Å²) in [6.07, 6.45) is 0.170. The highest BCUT2D eigenvalue weighted by molar-refractivity contribution is 9.12. The van der Waals surface area contributed by atoms with Crippen molar-refractivity contribution in [2.24, 2.45) is 4.99 Å². The van der Waals surface area contributed by atoms with Gasteiger partial charge in [-0.15, -0.1) is 0 Å². The molecule has 0 saturated carbocycles. The number of nitrogens with zero attached hydrogens (tertiary/aromatic N) is 1. The molecule has 19 heavy (non-hydrogen) atoms. The monoisotopic (exact) mass is 332 g/mol. The molecule has 1 aromatic carbocycles. The maximum atomic E-state index is 12.4. The molecule has 0 radical (unpaired) electrons. The molecule has 1 aliphatic heterocycles. The van der Waals surface area contributed by atoms with E-state index in [-0.39, 0.29) is 6.17 Å². The predicted octanol–water partition coefficient (Wildman–Crippen LogP) is 3.87. The van der Waals surface area contributed by atoms with Crippen LogP contribution in [0.4, 0.5) is 13.2 Å². The fourth-order valence-corrected chi connectivity index (χ4v) is 1.99. The van der Waals surface area contributed by atoms with Crippen molar-refractivity contribution in [2.75, 3.05) is 0 Å². The lowest BCUT2D eigenvalue weighted by molar-refractivity contribution is -0.137. The summed E-state index contributed by atoms with van der Waals surface area (Å²) in [7, 11) is 0. The van der Waals surface area contributed by atoms with Gasteiger partial charge in [-0.05, 0) is 33.6 Å². The number of benzene rings is 1. The Hall–Kier alpha value is -1.14. The van der Waals surface area contributed by atoms with Crippen LogP contribution in [0.25, 0.3) is 0 Å². The zero-order chi connectivity index (χ0) is 13.9. The van der Waals surface area contributed by atoms with E-state index in [1.807, 2.05) is 6.08 Å². The molecule has 0 spiro atoms. The second-order valence-corrected chi connectivity index (χ2v) is 5.11. The van der Waals surface area contributed by atoms with Crippen LogP contribution in [-0.2, 0) is 12.7 Å². The van der Waals surface area contributed by atoms with E-state index in [2.05, 4.69) is 26.2 Å². The van der Waals surface area contributed by atoms with E-state index in [9.17, 15) is 13.2 Å². The van der Waals surface area contributed by atoms with Crippen molar-refractivity contribution in [3.63, 3.8) is 0 Å². The zero-order valence-electron chi connectivity index (χ0n) is 9.91. The minimum absolute atomic E-state index is 0.0245. The van der Waals surface area contributed by atoms with Gasteiger partial charge in [0.15, 0.2) is 0 Å². The Morgan fingerprint density at radius 3 is 2.47 bits per heavy atom. The average Bonchev–Trinajstić information content (AvgIpc) is 2.37. The molecule has 0 saturated heterocycles. The van der Waals surface area contributed by atoms with Crippen LogP contribution >= 0.6 is 15.9 Å². The Labute approximate surface area is 117 Å². The number of nitrogens with one attached hydrogen (secondary N) is 1. The topological polar surface area (TPSA) is 24.4 Å². The summed E-state index contributed by atoms with van der Waals surface area (Å²) in [4.78, 5) is 4.25. The third-order valence-electron chi connectivity index (χ3n) is 2.74. The van der Waals surface area contributed by atoms with Crippen LogP contribution in [0, 0.1) is 0 Å². The van der Waals surface area contributed by atoms with Crippen molar-refractivity contribution in [3.8, 4) is 0 Å². The Balaban J connectivity index is 1.89. The second kappa shape index (κ2) is 5.88. The van der Waals surface area contributed by atoms with Crippen molar-refractivity contribution in [3.05, 3.63) is 46.0 Å². The van der Waals surface area contributed by atoms with Gasteiger partial charge < -0.3 is 0 Å². The highest BCUT2D eigenvalue weighted by atomic mass is 79.9. The number of hydrogen-bond donors (Lipinski definition) is 1. The van der Waals surface area contributed by atoms with Gasteiger partial charge in [-0.25, -0.2) is 0 Å². The third-order valence-corrected chi connectivity index (χ3v) is 3.27. The Morgan fingerprint density at radius 2 is 1.95 bits per heavy atom. The SMILES string of the molecule is FC(F)(F)c1ccc(CNC2CC=C(Br)C=N2)cc1. The molecule has 0 fully saturated rings. The molecule has 0 aromatic heterocycles. The highest BCUT2D eigenvalue weighted by Crippen LogP contribution is 2.29. The van der Waals surface area contributed by atoms with Gasteiger partial charge in [-0.2, -0.15) is 13.2 Å². The van der Waals surface area contributed by atoms with Gasteiger partial charge in [0.2, 0.25) is 0 Å². The van der Waals surface area contributed by atoms with Crippen LogP contribution in [0.1, 0.15) is 17.5 Å². The second-order valence-electron chi connectivity index (χ2n) is 4.19. The highest BCUT2D eigenvalue weighted by Gasteiger charge is 2.29. The van der Waals surface area contributed by atoms with Crippen LogP contribution < -0.4 is 5.32 Å². The van der Waals surface area contributed by atoms with Gasteiger partial charge in [-0.1, -0.05) is 18.2 Å². The molecule has 1 aliphatic rings. The normalized spacial score (nSPS) is 19.4. The minimum atomic E-state index is -4.28. The van der Waals surface area contributed by atoms with Gasteiger partial charge in [0.25, 0.3) is 0 Å². The first-order valence-corrected chi connectivity index (χ1v) is 6.53. The summed E-state index contributed by atoms with van der Waals surface area (Å²) < 4.78 is 38.1. The van der Waals surface area contributed by atoms with Crippen molar-refractivity contribution in [2.45, 2.75) is 25.3 Å². The minimum Gasteiger partial charge on any atom is -0.291 e. The van der Waals surface area contributed by atoms with Crippen LogP contribution in [0.2, 0.25) is 0 Å². The first-order chi connectivity index (χ1) is 8.95. The van der Waals surface area contributed by atoms with E-state index in [1.54, 1.807) is 6.21 Å². The quantitative estimate of drug-likeness (QED) is 0.892. The summed E-state index contributed by atoms with van der Waals surface area (Å²) >= 11 is 3.32. The Bertz CT molecular complexity index is 492. The van der Waals surface area contributed by atoms with E-state index < -0.39 is 11.7 Å². The predicted molar refractivity (Wildman–Crippen MR) is 72.2 cm³/mol. The fourth-order valence-electron chi connectivity index (χ4n) is 1.68. The largest absolute Gasteiger partial charge is 0.416 e. The molecule has 1 heterocycles. The van der Waals surface area contributed by atoms with E-state index in [0.717, 1.165) is 28.6 Å². The van der Waals surface area contributed by atoms with Crippen LogP contribution in [0.3, 0.4) is 0 Å². The molecule has 0 aliphatic carbocycles. The Kier molecular flexibility index (Phi) is 4.42. The van der Waals surface area contributed by atoms with Crippen LogP contribution in [-0.4, -0.2) is 12.4 Å². The molecule has 1 unspecified atom stereocenters. The maximum Gasteiger partial charge on any atom is 0.416 e. The van der Waals surface area contributed by atoms with E-state index in [0.29, 0.717) is 6.54 Å². The standard InChI is InChI=1S/C13H12BrF3N2/c14-11-5-6-12(19-8-11)18-7-9-1-3-10(4-2-9)13(15,16)17/h1-5,8,12,18H,6-7H2. The lowest BCUT2D eigenvalue weighted by atomic mass is 10.1. The summed E-state index contributed by atoms with van der Waals surface area (Å²) in [5.41, 5.74) is 0.176. The average molecular weight is 333 g/mol. The number of dihydropyridines is 1. The number of rotatable bonds is 3. The number of allylic oxidation sites excluding steroid dienone is 1. The first kappa shape index (κ1) is 14.3. The number of halogens is 4. The molecule has 1 atom stereocenters. The maximum absolute atomic E-state index is 12.4.